The molecule has 19 heavy (non-hydrogen) atoms. The van der Waals surface area contributed by atoms with Crippen LogP contribution in [0.5, 0.6) is 0 Å². The molecule has 0 unspecified atom stereocenters. The zero-order valence-corrected chi connectivity index (χ0v) is 11.4. The van der Waals surface area contributed by atoms with Crippen molar-refractivity contribution in [3.05, 3.63) is 22.0 Å². The standard InChI is InChI=1S/C11H19N5O3/c1-4-15(5-2)7-6-12-11(17)10-9(16(18)19)8-13-14(10)3/h8H,4-7H2,1-3H3,(H,12,17). The quantitative estimate of drug-likeness (QED) is 0.571. The van der Waals surface area contributed by atoms with Gasteiger partial charge < -0.3 is 10.2 Å². The van der Waals surface area contributed by atoms with E-state index in [2.05, 4.69) is 15.3 Å². The van der Waals surface area contributed by atoms with Gasteiger partial charge in [-0.25, -0.2) is 0 Å². The molecule has 8 heteroatoms. The van der Waals surface area contributed by atoms with Crippen LogP contribution in [0.3, 0.4) is 0 Å². The van der Waals surface area contributed by atoms with Crippen LogP contribution in [0.4, 0.5) is 5.69 Å². The first kappa shape index (κ1) is 15.1. The van der Waals surface area contributed by atoms with Crippen molar-refractivity contribution in [3.8, 4) is 0 Å². The normalized spacial score (nSPS) is 10.7. The summed E-state index contributed by atoms with van der Waals surface area (Å²) < 4.78 is 1.21. The van der Waals surface area contributed by atoms with E-state index in [4.69, 9.17) is 0 Å². The molecule has 106 valence electrons. The van der Waals surface area contributed by atoms with Crippen molar-refractivity contribution in [1.82, 2.24) is 20.0 Å². The van der Waals surface area contributed by atoms with Gasteiger partial charge >= 0.3 is 5.69 Å². The summed E-state index contributed by atoms with van der Waals surface area (Å²) in [6, 6.07) is 0. The van der Waals surface area contributed by atoms with Gasteiger partial charge in [0.05, 0.1) is 4.92 Å². The summed E-state index contributed by atoms with van der Waals surface area (Å²) in [6.45, 7) is 7.04. The van der Waals surface area contributed by atoms with E-state index in [1.807, 2.05) is 13.8 Å². The van der Waals surface area contributed by atoms with Gasteiger partial charge in [0.15, 0.2) is 0 Å². The number of amides is 1. The summed E-state index contributed by atoms with van der Waals surface area (Å²) >= 11 is 0. The molecule has 1 amide bonds. The van der Waals surface area contributed by atoms with Crippen LogP contribution < -0.4 is 5.32 Å². The van der Waals surface area contributed by atoms with Crippen molar-refractivity contribution in [1.29, 1.82) is 0 Å². The third-order valence-electron chi connectivity index (χ3n) is 2.94. The number of nitrogens with zero attached hydrogens (tertiary/aromatic N) is 4. The lowest BCUT2D eigenvalue weighted by Gasteiger charge is -2.17. The summed E-state index contributed by atoms with van der Waals surface area (Å²) in [5.41, 5.74) is -0.299. The van der Waals surface area contributed by atoms with Crippen molar-refractivity contribution in [3.63, 3.8) is 0 Å². The predicted octanol–water partition coefficient (Wildman–Crippen LogP) is 0.400. The van der Waals surface area contributed by atoms with Crippen LogP contribution in [-0.4, -0.2) is 51.7 Å². The first-order chi connectivity index (χ1) is 9.01. The maximum absolute atomic E-state index is 11.9. The SMILES string of the molecule is CCN(CC)CCNC(=O)c1c([N+](=O)[O-])cnn1C. The molecular formula is C11H19N5O3. The molecule has 1 N–H and O–H groups in total. The molecule has 1 aromatic heterocycles. The van der Waals surface area contributed by atoms with E-state index in [9.17, 15) is 14.9 Å². The van der Waals surface area contributed by atoms with Gasteiger partial charge in [-0.15, -0.1) is 0 Å². The van der Waals surface area contributed by atoms with E-state index in [-0.39, 0.29) is 11.4 Å². The lowest BCUT2D eigenvalue weighted by Crippen LogP contribution is -2.35. The largest absolute Gasteiger partial charge is 0.349 e. The fourth-order valence-corrected chi connectivity index (χ4v) is 1.77. The first-order valence-corrected chi connectivity index (χ1v) is 6.18. The molecule has 0 spiro atoms. The van der Waals surface area contributed by atoms with Gasteiger partial charge in [-0.3, -0.25) is 19.6 Å². The molecule has 0 atom stereocenters. The number of carbonyl (C=O) groups excluding carboxylic acids is 1. The Morgan fingerprint density at radius 1 is 1.53 bits per heavy atom. The number of hydrogen-bond acceptors (Lipinski definition) is 5. The Bertz CT molecular complexity index is 453. The zero-order chi connectivity index (χ0) is 14.4. The minimum Gasteiger partial charge on any atom is -0.349 e. The Balaban J connectivity index is 2.64. The minimum atomic E-state index is -0.605. The molecule has 8 nitrogen and oxygen atoms in total. The number of nitro groups is 1. The summed E-state index contributed by atoms with van der Waals surface area (Å²) in [4.78, 5) is 24.2. The molecule has 1 rings (SSSR count). The summed E-state index contributed by atoms with van der Waals surface area (Å²) in [5.74, 6) is -0.473. The highest BCUT2D eigenvalue weighted by Crippen LogP contribution is 2.16. The average molecular weight is 269 g/mol. The van der Waals surface area contributed by atoms with E-state index in [1.165, 1.54) is 11.7 Å². The summed E-state index contributed by atoms with van der Waals surface area (Å²) in [5, 5.41) is 17.2. The Kier molecular flexibility index (Phi) is 5.43. The minimum absolute atomic E-state index is 0.0236. The molecule has 1 aromatic rings. The summed E-state index contributed by atoms with van der Waals surface area (Å²) in [6.07, 6.45) is 1.08. The lowest BCUT2D eigenvalue weighted by molar-refractivity contribution is -0.385. The maximum Gasteiger partial charge on any atom is 0.320 e. The molecular weight excluding hydrogens is 250 g/mol. The number of hydrogen-bond donors (Lipinski definition) is 1. The molecule has 0 aromatic carbocycles. The van der Waals surface area contributed by atoms with Crippen LogP contribution in [0.15, 0.2) is 6.20 Å². The highest BCUT2D eigenvalue weighted by Gasteiger charge is 2.25. The van der Waals surface area contributed by atoms with Crippen molar-refractivity contribution in [2.45, 2.75) is 13.8 Å². The number of nitrogens with one attached hydrogen (secondary N) is 1. The van der Waals surface area contributed by atoms with Gasteiger partial charge in [-0.05, 0) is 13.1 Å². The second-order valence-electron chi connectivity index (χ2n) is 4.04. The monoisotopic (exact) mass is 269 g/mol. The van der Waals surface area contributed by atoms with Gasteiger partial charge in [0.2, 0.25) is 5.69 Å². The van der Waals surface area contributed by atoms with Crippen molar-refractivity contribution >= 4 is 11.6 Å². The molecule has 0 bridgehead atoms. The Morgan fingerprint density at radius 2 is 2.16 bits per heavy atom. The fraction of sp³-hybridized carbons (Fsp3) is 0.636. The van der Waals surface area contributed by atoms with Crippen LogP contribution in [0, 0.1) is 10.1 Å². The van der Waals surface area contributed by atoms with Crippen LogP contribution >= 0.6 is 0 Å². The third kappa shape index (κ3) is 3.75. The zero-order valence-electron chi connectivity index (χ0n) is 11.4. The predicted molar refractivity (Wildman–Crippen MR) is 70.0 cm³/mol. The molecule has 1 heterocycles. The highest BCUT2D eigenvalue weighted by molar-refractivity contribution is 5.96. The number of likely N-dealkylation sites (N-methyl/N-ethyl adjacent to an activating group) is 1. The van der Waals surface area contributed by atoms with Gasteiger partial charge in [0, 0.05) is 20.1 Å². The fourth-order valence-electron chi connectivity index (χ4n) is 1.77. The van der Waals surface area contributed by atoms with E-state index in [1.54, 1.807) is 0 Å². The number of carbonyl (C=O) groups is 1. The molecule has 0 saturated heterocycles. The molecule has 0 aliphatic heterocycles. The van der Waals surface area contributed by atoms with Gasteiger partial charge in [-0.1, -0.05) is 13.8 Å². The maximum atomic E-state index is 11.9. The number of aromatic nitrogens is 2. The van der Waals surface area contributed by atoms with Crippen LogP contribution in [0.25, 0.3) is 0 Å². The third-order valence-corrected chi connectivity index (χ3v) is 2.94. The topological polar surface area (TPSA) is 93.3 Å². The van der Waals surface area contributed by atoms with Crippen LogP contribution in [0.1, 0.15) is 24.3 Å². The van der Waals surface area contributed by atoms with Crippen LogP contribution in [0.2, 0.25) is 0 Å². The van der Waals surface area contributed by atoms with E-state index in [0.29, 0.717) is 13.1 Å². The van der Waals surface area contributed by atoms with Crippen LogP contribution in [-0.2, 0) is 7.05 Å². The van der Waals surface area contributed by atoms with E-state index < -0.39 is 10.8 Å². The van der Waals surface area contributed by atoms with Crippen molar-refractivity contribution < 1.29 is 9.72 Å². The Morgan fingerprint density at radius 3 is 2.68 bits per heavy atom. The molecule has 0 saturated carbocycles. The van der Waals surface area contributed by atoms with Crippen molar-refractivity contribution in [2.24, 2.45) is 7.05 Å². The molecule has 0 fully saturated rings. The second kappa shape index (κ2) is 6.83. The smallest absolute Gasteiger partial charge is 0.320 e. The molecule has 0 aliphatic rings. The Hall–Kier alpha value is -1.96. The first-order valence-electron chi connectivity index (χ1n) is 6.18. The average Bonchev–Trinajstić information content (AvgIpc) is 2.76. The number of rotatable bonds is 7. The van der Waals surface area contributed by atoms with Gasteiger partial charge in [0.25, 0.3) is 5.91 Å². The van der Waals surface area contributed by atoms with Gasteiger partial charge in [-0.2, -0.15) is 5.10 Å². The second-order valence-corrected chi connectivity index (χ2v) is 4.04. The van der Waals surface area contributed by atoms with Crippen molar-refractivity contribution in [2.75, 3.05) is 26.2 Å². The van der Waals surface area contributed by atoms with Gasteiger partial charge in [0.1, 0.15) is 6.20 Å². The number of aryl methyl sites for hydroxylation is 1. The van der Waals surface area contributed by atoms with E-state index >= 15 is 0 Å². The molecule has 0 aliphatic carbocycles. The molecule has 0 radical (unpaired) electrons. The Labute approximate surface area is 111 Å². The van der Waals surface area contributed by atoms with E-state index in [0.717, 1.165) is 19.3 Å². The summed E-state index contributed by atoms with van der Waals surface area (Å²) in [7, 11) is 1.51. The highest BCUT2D eigenvalue weighted by atomic mass is 16.6. The lowest BCUT2D eigenvalue weighted by atomic mass is 10.3.